The minimum atomic E-state index is -0.0625. The van der Waals surface area contributed by atoms with Crippen molar-refractivity contribution in [3.05, 3.63) is 71.8 Å². The summed E-state index contributed by atoms with van der Waals surface area (Å²) in [6, 6.07) is 18.3. The molecule has 0 aliphatic heterocycles. The second kappa shape index (κ2) is 10.2. The average Bonchev–Trinajstić information content (AvgIpc) is 2.65. The Hall–Kier alpha value is -2.66. The van der Waals surface area contributed by atoms with E-state index in [0.29, 0.717) is 30.8 Å². The topological polar surface area (TPSA) is 70.2 Å². The number of rotatable bonds is 9. The van der Waals surface area contributed by atoms with Crippen molar-refractivity contribution < 1.29 is 9.59 Å². The smallest absolute Gasteiger partial charge is 0.251 e. The highest BCUT2D eigenvalue weighted by Gasteiger charge is 2.03. The molecule has 0 atom stereocenters. The molecule has 5 heteroatoms. The van der Waals surface area contributed by atoms with Crippen LogP contribution in [-0.4, -0.2) is 38.0 Å². The van der Waals surface area contributed by atoms with Gasteiger partial charge < -0.3 is 16.0 Å². The van der Waals surface area contributed by atoms with Crippen LogP contribution in [0.15, 0.2) is 60.7 Å². The van der Waals surface area contributed by atoms with Crippen molar-refractivity contribution in [1.29, 1.82) is 0 Å². The molecule has 0 saturated carbocycles. The third-order valence-electron chi connectivity index (χ3n) is 3.48. The van der Waals surface area contributed by atoms with Gasteiger partial charge in [0.25, 0.3) is 11.8 Å². The number of benzene rings is 2. The quantitative estimate of drug-likeness (QED) is 0.616. The molecule has 0 unspecified atom stereocenters. The number of carbonyl (C=O) groups excluding carboxylic acids is 2. The molecule has 3 N–H and O–H groups in total. The summed E-state index contributed by atoms with van der Waals surface area (Å²) in [5.41, 5.74) is 1.34. The second-order valence-electron chi connectivity index (χ2n) is 5.35. The maximum Gasteiger partial charge on any atom is 0.251 e. The highest BCUT2D eigenvalue weighted by Crippen LogP contribution is 1.98. The van der Waals surface area contributed by atoms with E-state index in [2.05, 4.69) is 16.0 Å². The Morgan fingerprint density at radius 2 is 1.12 bits per heavy atom. The van der Waals surface area contributed by atoms with Gasteiger partial charge in [-0.2, -0.15) is 0 Å². The maximum atomic E-state index is 11.8. The van der Waals surface area contributed by atoms with Gasteiger partial charge in [0.15, 0.2) is 0 Å². The van der Waals surface area contributed by atoms with Crippen molar-refractivity contribution in [2.75, 3.05) is 26.2 Å². The molecule has 2 aromatic rings. The first kappa shape index (κ1) is 17.7. The van der Waals surface area contributed by atoms with Gasteiger partial charge in [-0.25, -0.2) is 0 Å². The summed E-state index contributed by atoms with van der Waals surface area (Å²) < 4.78 is 0. The van der Waals surface area contributed by atoms with E-state index >= 15 is 0 Å². The molecule has 0 saturated heterocycles. The average molecular weight is 325 g/mol. The fourth-order valence-corrected chi connectivity index (χ4v) is 2.19. The van der Waals surface area contributed by atoms with Crippen LogP contribution in [0.5, 0.6) is 0 Å². The molecule has 0 spiro atoms. The van der Waals surface area contributed by atoms with Gasteiger partial charge in [0.1, 0.15) is 0 Å². The minimum absolute atomic E-state index is 0.0503. The Bertz CT molecular complexity index is 572. The van der Waals surface area contributed by atoms with Crippen LogP contribution in [-0.2, 0) is 0 Å². The second-order valence-corrected chi connectivity index (χ2v) is 5.35. The van der Waals surface area contributed by atoms with E-state index in [9.17, 15) is 9.59 Å². The lowest BCUT2D eigenvalue weighted by molar-refractivity contribution is 0.0944. The van der Waals surface area contributed by atoms with Crippen molar-refractivity contribution >= 4 is 11.8 Å². The highest BCUT2D eigenvalue weighted by molar-refractivity contribution is 5.94. The predicted molar refractivity (Wildman–Crippen MR) is 95.0 cm³/mol. The predicted octanol–water partition coefficient (Wildman–Crippen LogP) is 1.83. The molecule has 24 heavy (non-hydrogen) atoms. The van der Waals surface area contributed by atoms with Crippen LogP contribution in [0.4, 0.5) is 0 Å². The Balaban J connectivity index is 1.48. The third kappa shape index (κ3) is 6.22. The van der Waals surface area contributed by atoms with Gasteiger partial charge in [0.05, 0.1) is 0 Å². The zero-order valence-electron chi connectivity index (χ0n) is 13.6. The van der Waals surface area contributed by atoms with Crippen molar-refractivity contribution in [2.24, 2.45) is 0 Å². The lowest BCUT2D eigenvalue weighted by atomic mass is 10.2. The highest BCUT2D eigenvalue weighted by atomic mass is 16.2. The summed E-state index contributed by atoms with van der Waals surface area (Å²) in [4.78, 5) is 23.6. The molecule has 2 amide bonds. The molecule has 0 heterocycles. The summed E-state index contributed by atoms with van der Waals surface area (Å²) in [5, 5.41) is 8.98. The zero-order chi connectivity index (χ0) is 17.0. The normalized spacial score (nSPS) is 10.2. The minimum Gasteiger partial charge on any atom is -0.352 e. The SMILES string of the molecule is O=C(NCCCNCCNC(=O)c1ccccc1)c1ccccc1. The summed E-state index contributed by atoms with van der Waals surface area (Å²) in [7, 11) is 0. The molecular weight excluding hydrogens is 302 g/mol. The van der Waals surface area contributed by atoms with Crippen LogP contribution < -0.4 is 16.0 Å². The van der Waals surface area contributed by atoms with Crippen LogP contribution in [0.2, 0.25) is 0 Å². The Morgan fingerprint density at radius 3 is 1.67 bits per heavy atom. The van der Waals surface area contributed by atoms with Crippen LogP contribution >= 0.6 is 0 Å². The van der Waals surface area contributed by atoms with Crippen molar-refractivity contribution in [2.45, 2.75) is 6.42 Å². The summed E-state index contributed by atoms with van der Waals surface area (Å²) in [5.74, 6) is -0.113. The maximum absolute atomic E-state index is 11.8. The number of hydrogen-bond acceptors (Lipinski definition) is 3. The number of carbonyl (C=O) groups is 2. The fourth-order valence-electron chi connectivity index (χ4n) is 2.19. The molecule has 0 aliphatic rings. The van der Waals surface area contributed by atoms with Gasteiger partial charge in [-0.1, -0.05) is 36.4 Å². The third-order valence-corrected chi connectivity index (χ3v) is 3.48. The van der Waals surface area contributed by atoms with Gasteiger partial charge in [0, 0.05) is 30.8 Å². The molecule has 0 aromatic heterocycles. The van der Waals surface area contributed by atoms with Crippen molar-refractivity contribution in [3.8, 4) is 0 Å². The molecule has 0 radical (unpaired) electrons. The van der Waals surface area contributed by atoms with E-state index in [-0.39, 0.29) is 11.8 Å². The van der Waals surface area contributed by atoms with E-state index in [1.165, 1.54) is 0 Å². The van der Waals surface area contributed by atoms with Crippen LogP contribution in [0.25, 0.3) is 0 Å². The first-order valence-electron chi connectivity index (χ1n) is 8.14. The molecule has 2 aromatic carbocycles. The van der Waals surface area contributed by atoms with Gasteiger partial charge >= 0.3 is 0 Å². The fraction of sp³-hybridized carbons (Fsp3) is 0.263. The monoisotopic (exact) mass is 325 g/mol. The van der Waals surface area contributed by atoms with E-state index in [4.69, 9.17) is 0 Å². The molecule has 2 rings (SSSR count). The number of hydrogen-bond donors (Lipinski definition) is 3. The standard InChI is InChI=1S/C19H23N3O2/c23-18(16-8-3-1-4-9-16)21-13-7-12-20-14-15-22-19(24)17-10-5-2-6-11-17/h1-6,8-11,20H,7,12-15H2,(H,21,23)(H,22,24). The first-order chi connectivity index (χ1) is 11.8. The summed E-state index contributed by atoms with van der Waals surface area (Å²) in [6.07, 6.45) is 0.838. The lowest BCUT2D eigenvalue weighted by Gasteiger charge is -2.08. The molecule has 0 bridgehead atoms. The van der Waals surface area contributed by atoms with E-state index < -0.39 is 0 Å². The Labute approximate surface area is 142 Å². The number of nitrogens with one attached hydrogen (secondary N) is 3. The molecule has 5 nitrogen and oxygen atoms in total. The Morgan fingerprint density at radius 1 is 0.625 bits per heavy atom. The number of amides is 2. The van der Waals surface area contributed by atoms with E-state index in [1.807, 2.05) is 36.4 Å². The van der Waals surface area contributed by atoms with Crippen molar-refractivity contribution in [1.82, 2.24) is 16.0 Å². The Kier molecular flexibility index (Phi) is 7.50. The summed E-state index contributed by atoms with van der Waals surface area (Å²) >= 11 is 0. The lowest BCUT2D eigenvalue weighted by Crippen LogP contribution is -2.33. The van der Waals surface area contributed by atoms with Gasteiger partial charge in [-0.3, -0.25) is 9.59 Å². The van der Waals surface area contributed by atoms with Gasteiger partial charge in [-0.15, -0.1) is 0 Å². The first-order valence-corrected chi connectivity index (χ1v) is 8.14. The van der Waals surface area contributed by atoms with E-state index in [1.54, 1.807) is 24.3 Å². The molecule has 0 aliphatic carbocycles. The molecule has 0 fully saturated rings. The molecule has 126 valence electrons. The van der Waals surface area contributed by atoms with Crippen molar-refractivity contribution in [3.63, 3.8) is 0 Å². The van der Waals surface area contributed by atoms with Crippen LogP contribution in [0.3, 0.4) is 0 Å². The van der Waals surface area contributed by atoms with Gasteiger partial charge in [-0.05, 0) is 37.2 Å². The largest absolute Gasteiger partial charge is 0.352 e. The van der Waals surface area contributed by atoms with Crippen LogP contribution in [0, 0.1) is 0 Å². The van der Waals surface area contributed by atoms with Crippen LogP contribution in [0.1, 0.15) is 27.1 Å². The zero-order valence-corrected chi connectivity index (χ0v) is 13.6. The summed E-state index contributed by atoms with van der Waals surface area (Å²) in [6.45, 7) is 2.68. The molecular formula is C19H23N3O2. The van der Waals surface area contributed by atoms with Gasteiger partial charge in [0.2, 0.25) is 0 Å². The van der Waals surface area contributed by atoms with E-state index in [0.717, 1.165) is 13.0 Å².